The lowest BCUT2D eigenvalue weighted by molar-refractivity contribution is 0.0955. The molecular formula is C16H19NO3S. The van der Waals surface area contributed by atoms with Crippen LogP contribution in [-0.4, -0.2) is 29.7 Å². The van der Waals surface area contributed by atoms with E-state index in [0.29, 0.717) is 13.0 Å². The molecule has 1 aromatic carbocycles. The lowest BCUT2D eigenvalue weighted by Crippen LogP contribution is -2.29. The van der Waals surface area contributed by atoms with Crippen molar-refractivity contribution in [1.29, 1.82) is 0 Å². The number of hydrogen-bond donors (Lipinski definition) is 1. The first-order chi connectivity index (χ1) is 10.2. The molecule has 112 valence electrons. The monoisotopic (exact) mass is 305 g/mol. The number of rotatable bonds is 6. The van der Waals surface area contributed by atoms with Crippen molar-refractivity contribution in [3.8, 4) is 0 Å². The van der Waals surface area contributed by atoms with Crippen molar-refractivity contribution in [1.82, 2.24) is 4.90 Å². The summed E-state index contributed by atoms with van der Waals surface area (Å²) >= 11 is 1.51. The minimum absolute atomic E-state index is 0.261. The first-order valence-electron chi connectivity index (χ1n) is 6.80. The van der Waals surface area contributed by atoms with E-state index in [1.807, 2.05) is 47.8 Å². The van der Waals surface area contributed by atoms with E-state index in [0.717, 1.165) is 10.4 Å². The van der Waals surface area contributed by atoms with Crippen LogP contribution in [0.25, 0.3) is 0 Å². The number of nitrogens with zero attached hydrogens (tertiary/aromatic N) is 1. The normalized spacial score (nSPS) is 11.9. The zero-order valence-electron chi connectivity index (χ0n) is 11.9. The van der Waals surface area contributed by atoms with Gasteiger partial charge in [-0.05, 0) is 23.4 Å². The number of benzene rings is 1. The van der Waals surface area contributed by atoms with Gasteiger partial charge in [-0.2, -0.15) is 0 Å². The Morgan fingerprint density at radius 2 is 2.05 bits per heavy atom. The number of thiophene rings is 1. The Labute approximate surface area is 128 Å². The molecule has 0 aliphatic carbocycles. The maximum absolute atomic E-state index is 11.8. The van der Waals surface area contributed by atoms with Crippen LogP contribution >= 0.6 is 11.3 Å². The molecule has 1 amide bonds. The summed E-state index contributed by atoms with van der Waals surface area (Å²) in [6.07, 6.45) is -0.413. The molecule has 0 radical (unpaired) electrons. The van der Waals surface area contributed by atoms with Gasteiger partial charge in [0.05, 0.1) is 6.10 Å². The predicted molar refractivity (Wildman–Crippen MR) is 83.2 cm³/mol. The molecule has 0 fully saturated rings. The number of aliphatic hydroxyl groups excluding tert-OH is 1. The van der Waals surface area contributed by atoms with E-state index in [1.54, 1.807) is 7.05 Å². The topological polar surface area (TPSA) is 49.8 Å². The molecule has 1 atom stereocenters. The molecule has 0 aliphatic heterocycles. The van der Waals surface area contributed by atoms with Gasteiger partial charge in [-0.25, -0.2) is 4.79 Å². The molecule has 21 heavy (non-hydrogen) atoms. The van der Waals surface area contributed by atoms with Crippen LogP contribution < -0.4 is 0 Å². The van der Waals surface area contributed by atoms with Crippen molar-refractivity contribution < 1.29 is 14.6 Å². The fraction of sp³-hybridized carbons (Fsp3) is 0.312. The summed E-state index contributed by atoms with van der Waals surface area (Å²) in [7, 11) is 1.68. The Morgan fingerprint density at radius 3 is 2.71 bits per heavy atom. The molecule has 0 unspecified atom stereocenters. The molecule has 0 aliphatic rings. The summed E-state index contributed by atoms with van der Waals surface area (Å²) in [4.78, 5) is 14.2. The van der Waals surface area contributed by atoms with Gasteiger partial charge in [0.2, 0.25) is 0 Å². The molecule has 4 nitrogen and oxygen atoms in total. The van der Waals surface area contributed by atoms with E-state index < -0.39 is 6.10 Å². The number of carbonyl (C=O) groups excluding carboxylic acids is 1. The van der Waals surface area contributed by atoms with Crippen LogP contribution in [0.3, 0.4) is 0 Å². The minimum atomic E-state index is -0.533. The van der Waals surface area contributed by atoms with Crippen LogP contribution in [0.15, 0.2) is 47.8 Å². The third-order valence-corrected chi connectivity index (χ3v) is 4.10. The van der Waals surface area contributed by atoms with Gasteiger partial charge >= 0.3 is 6.09 Å². The van der Waals surface area contributed by atoms with Crippen molar-refractivity contribution >= 4 is 17.4 Å². The molecule has 0 spiro atoms. The Bertz CT molecular complexity index is 542. The summed E-state index contributed by atoms with van der Waals surface area (Å²) in [6, 6.07) is 13.4. The van der Waals surface area contributed by atoms with Gasteiger partial charge in [-0.3, -0.25) is 0 Å². The lowest BCUT2D eigenvalue weighted by Gasteiger charge is -2.18. The summed E-state index contributed by atoms with van der Waals surface area (Å²) in [5.74, 6) is 0. The zero-order valence-corrected chi connectivity index (χ0v) is 12.8. The van der Waals surface area contributed by atoms with E-state index in [-0.39, 0.29) is 12.7 Å². The third-order valence-electron chi connectivity index (χ3n) is 3.13. The molecule has 5 heteroatoms. The first-order valence-corrected chi connectivity index (χ1v) is 7.68. The maximum Gasteiger partial charge on any atom is 0.409 e. The minimum Gasteiger partial charge on any atom is -0.445 e. The average Bonchev–Trinajstić information content (AvgIpc) is 3.05. The zero-order chi connectivity index (χ0) is 15.1. The number of aliphatic hydroxyl groups is 1. The number of ether oxygens (including phenoxy) is 1. The van der Waals surface area contributed by atoms with Crippen LogP contribution in [0.4, 0.5) is 4.79 Å². The van der Waals surface area contributed by atoms with Gasteiger partial charge in [0.25, 0.3) is 0 Å². The molecule has 1 aromatic heterocycles. The molecule has 2 rings (SSSR count). The first kappa shape index (κ1) is 15.5. The maximum atomic E-state index is 11.8. The molecule has 1 heterocycles. The molecule has 0 saturated carbocycles. The van der Waals surface area contributed by atoms with Crippen LogP contribution in [0.1, 0.15) is 23.0 Å². The van der Waals surface area contributed by atoms with Crippen LogP contribution in [0, 0.1) is 0 Å². The molecular weight excluding hydrogens is 286 g/mol. The van der Waals surface area contributed by atoms with E-state index in [9.17, 15) is 9.90 Å². The van der Waals surface area contributed by atoms with Crippen LogP contribution in [0.5, 0.6) is 0 Å². The van der Waals surface area contributed by atoms with Gasteiger partial charge in [-0.15, -0.1) is 11.3 Å². The predicted octanol–water partition coefficient (Wildman–Crippen LogP) is 3.44. The highest BCUT2D eigenvalue weighted by atomic mass is 32.1. The van der Waals surface area contributed by atoms with E-state index in [1.165, 1.54) is 16.2 Å². The van der Waals surface area contributed by atoms with Crippen LogP contribution in [0.2, 0.25) is 0 Å². The summed E-state index contributed by atoms with van der Waals surface area (Å²) < 4.78 is 5.22. The van der Waals surface area contributed by atoms with Gasteiger partial charge in [0, 0.05) is 18.5 Å². The fourth-order valence-corrected chi connectivity index (χ4v) is 2.61. The molecule has 0 bridgehead atoms. The van der Waals surface area contributed by atoms with Crippen LogP contribution in [-0.2, 0) is 11.3 Å². The van der Waals surface area contributed by atoms with E-state index in [2.05, 4.69) is 0 Å². The van der Waals surface area contributed by atoms with Crippen molar-refractivity contribution in [2.45, 2.75) is 19.1 Å². The fourth-order valence-electron chi connectivity index (χ4n) is 1.86. The Balaban J connectivity index is 1.72. The highest BCUT2D eigenvalue weighted by molar-refractivity contribution is 7.10. The second-order valence-electron chi connectivity index (χ2n) is 4.78. The summed E-state index contributed by atoms with van der Waals surface area (Å²) in [5, 5.41) is 11.9. The lowest BCUT2D eigenvalue weighted by atomic mass is 10.2. The largest absolute Gasteiger partial charge is 0.445 e. The molecule has 0 saturated heterocycles. The van der Waals surface area contributed by atoms with Crippen molar-refractivity contribution in [3.05, 3.63) is 58.3 Å². The number of hydrogen-bond acceptors (Lipinski definition) is 4. The van der Waals surface area contributed by atoms with Gasteiger partial charge in [0.15, 0.2) is 0 Å². The van der Waals surface area contributed by atoms with Crippen molar-refractivity contribution in [2.24, 2.45) is 0 Å². The average molecular weight is 305 g/mol. The molecule has 2 aromatic rings. The Morgan fingerprint density at radius 1 is 1.29 bits per heavy atom. The summed E-state index contributed by atoms with van der Waals surface area (Å²) in [6.45, 7) is 0.712. The van der Waals surface area contributed by atoms with E-state index in [4.69, 9.17) is 4.74 Å². The highest BCUT2D eigenvalue weighted by Crippen LogP contribution is 2.21. The van der Waals surface area contributed by atoms with Gasteiger partial charge in [0.1, 0.15) is 6.61 Å². The van der Waals surface area contributed by atoms with E-state index >= 15 is 0 Å². The molecule has 1 N–H and O–H groups in total. The highest BCUT2D eigenvalue weighted by Gasteiger charge is 2.14. The van der Waals surface area contributed by atoms with Crippen molar-refractivity contribution in [2.75, 3.05) is 13.6 Å². The second kappa shape index (κ2) is 7.81. The van der Waals surface area contributed by atoms with Gasteiger partial charge < -0.3 is 14.7 Å². The second-order valence-corrected chi connectivity index (χ2v) is 5.76. The number of amides is 1. The Hall–Kier alpha value is -1.85. The number of carbonyl (C=O) groups is 1. The summed E-state index contributed by atoms with van der Waals surface area (Å²) in [5.41, 5.74) is 0.956. The SMILES string of the molecule is CN(CC[C@H](O)c1cccs1)C(=O)OCc1ccccc1. The standard InChI is InChI=1S/C16H19NO3S/c1-17(10-9-14(18)15-8-5-11-21-15)16(19)20-12-13-6-3-2-4-7-13/h2-8,11,14,18H,9-10,12H2,1H3/t14-/m0/s1. The quantitative estimate of drug-likeness (QED) is 0.889. The van der Waals surface area contributed by atoms with Gasteiger partial charge in [-0.1, -0.05) is 36.4 Å². The van der Waals surface area contributed by atoms with Crippen molar-refractivity contribution in [3.63, 3.8) is 0 Å². The third kappa shape index (κ3) is 4.88. The Kier molecular flexibility index (Phi) is 5.78. The smallest absolute Gasteiger partial charge is 0.409 e.